The molecule has 1 N–H and O–H groups in total. The van der Waals surface area contributed by atoms with E-state index in [2.05, 4.69) is 14.7 Å². The van der Waals surface area contributed by atoms with Crippen LogP contribution in [0.1, 0.15) is 31.9 Å². The van der Waals surface area contributed by atoms with Crippen LogP contribution in [0, 0.1) is 11.3 Å². The van der Waals surface area contributed by atoms with Crippen molar-refractivity contribution in [2.24, 2.45) is 0 Å². The molecule has 7 nitrogen and oxygen atoms in total. The summed E-state index contributed by atoms with van der Waals surface area (Å²) in [6, 6.07) is 5.60. The van der Waals surface area contributed by atoms with E-state index in [1.54, 1.807) is 39.0 Å². The second-order valence-corrected chi connectivity index (χ2v) is 10.1. The number of nitrogens with zero attached hydrogens (tertiary/aromatic N) is 4. The zero-order valence-corrected chi connectivity index (χ0v) is 18.6. The standard InChI is InChI=1S/C22H18F3N5O2S/c1-21(2,3)29-33(31,32)15-7-8-18(27-12-15)19-17(10-26)16-9-13(22(23,24)25)11-28-20(16)30(19)14-5-4-6-14/h4-9,11-12,29H,1-3H3. The highest BCUT2D eigenvalue weighted by atomic mass is 32.2. The summed E-state index contributed by atoms with van der Waals surface area (Å²) in [4.78, 5) is 8.13. The highest BCUT2D eigenvalue weighted by Gasteiger charge is 2.33. The van der Waals surface area contributed by atoms with Gasteiger partial charge in [0.2, 0.25) is 10.0 Å². The Hall–Kier alpha value is -3.49. The number of nitriles is 1. The molecule has 0 aliphatic heterocycles. The lowest BCUT2D eigenvalue weighted by Crippen LogP contribution is -2.40. The molecule has 0 radical (unpaired) electrons. The van der Waals surface area contributed by atoms with Gasteiger partial charge in [-0.2, -0.15) is 18.4 Å². The second kappa shape index (κ2) is 7.54. The van der Waals surface area contributed by atoms with Crippen LogP contribution in [0.2, 0.25) is 0 Å². The van der Waals surface area contributed by atoms with Gasteiger partial charge in [-0.3, -0.25) is 9.55 Å². The van der Waals surface area contributed by atoms with Gasteiger partial charge in [-0.15, -0.1) is 0 Å². The summed E-state index contributed by atoms with van der Waals surface area (Å²) in [5.41, 5.74) is -0.508. The molecular formula is C22H18F3N5O2S. The molecule has 0 saturated carbocycles. The van der Waals surface area contributed by atoms with Crippen LogP contribution >= 0.6 is 0 Å². The molecule has 3 heterocycles. The summed E-state index contributed by atoms with van der Waals surface area (Å²) in [5.74, 6) is 0. The predicted octanol–water partition coefficient (Wildman–Crippen LogP) is 4.48. The number of sulfonamides is 1. The fourth-order valence-electron chi connectivity index (χ4n) is 3.40. The summed E-state index contributed by atoms with van der Waals surface area (Å²) < 4.78 is 69.0. The minimum Gasteiger partial charge on any atom is -0.291 e. The van der Waals surface area contributed by atoms with Gasteiger partial charge in [0.25, 0.3) is 0 Å². The van der Waals surface area contributed by atoms with Gasteiger partial charge in [0.1, 0.15) is 16.6 Å². The van der Waals surface area contributed by atoms with Crippen molar-refractivity contribution in [3.63, 3.8) is 0 Å². The number of allylic oxidation sites excluding steroid dienone is 4. The largest absolute Gasteiger partial charge is 0.417 e. The van der Waals surface area contributed by atoms with Crippen LogP contribution in [0.15, 0.2) is 53.7 Å². The monoisotopic (exact) mass is 473 g/mol. The lowest BCUT2D eigenvalue weighted by atomic mass is 10.1. The number of aromatic nitrogens is 3. The molecule has 4 rings (SSSR count). The molecule has 3 aromatic heterocycles. The second-order valence-electron chi connectivity index (χ2n) is 8.45. The van der Waals surface area contributed by atoms with Crippen molar-refractivity contribution in [2.45, 2.75) is 37.4 Å². The van der Waals surface area contributed by atoms with Crippen molar-refractivity contribution in [3.8, 4) is 17.5 Å². The number of fused-ring (bicyclic) bond motifs is 1. The molecule has 0 unspecified atom stereocenters. The van der Waals surface area contributed by atoms with Crippen molar-refractivity contribution < 1.29 is 21.6 Å². The average Bonchev–Trinajstić information content (AvgIpc) is 2.97. The SMILES string of the molecule is CC(C)(C)NS(=O)(=O)c1ccc(-c2c(C#N)c3cc(C(F)(F)F)cnc3n2C2=CC=C2)nc1. The molecule has 11 heteroatoms. The van der Waals surface area contributed by atoms with Crippen LogP contribution < -0.4 is 4.72 Å². The molecule has 0 bridgehead atoms. The zero-order valence-electron chi connectivity index (χ0n) is 17.8. The third-order valence-electron chi connectivity index (χ3n) is 4.77. The molecule has 0 amide bonds. The number of alkyl halides is 3. The van der Waals surface area contributed by atoms with Crippen molar-refractivity contribution in [1.82, 2.24) is 19.3 Å². The van der Waals surface area contributed by atoms with Crippen LogP contribution in [-0.4, -0.2) is 28.5 Å². The van der Waals surface area contributed by atoms with Crippen LogP contribution in [0.25, 0.3) is 28.1 Å². The Labute approximate surface area is 187 Å². The molecule has 170 valence electrons. The Morgan fingerprint density at radius 3 is 2.30 bits per heavy atom. The highest BCUT2D eigenvalue weighted by Crippen LogP contribution is 2.38. The Balaban J connectivity index is 1.91. The maximum atomic E-state index is 13.3. The molecule has 1 aliphatic carbocycles. The number of hydrogen-bond acceptors (Lipinski definition) is 5. The molecule has 3 aromatic rings. The molecule has 0 fully saturated rings. The molecule has 0 spiro atoms. The van der Waals surface area contributed by atoms with Gasteiger partial charge in [0.15, 0.2) is 0 Å². The lowest BCUT2D eigenvalue weighted by Gasteiger charge is -2.20. The molecule has 0 saturated heterocycles. The summed E-state index contributed by atoms with van der Waals surface area (Å²) >= 11 is 0. The summed E-state index contributed by atoms with van der Waals surface area (Å²) in [7, 11) is -3.84. The number of rotatable bonds is 4. The number of pyridine rings is 2. The van der Waals surface area contributed by atoms with Crippen molar-refractivity contribution in [1.29, 1.82) is 5.26 Å². The Bertz CT molecular complexity index is 1470. The highest BCUT2D eigenvalue weighted by molar-refractivity contribution is 7.89. The average molecular weight is 473 g/mol. The van der Waals surface area contributed by atoms with E-state index < -0.39 is 27.3 Å². The Kier molecular flexibility index (Phi) is 5.18. The van der Waals surface area contributed by atoms with Gasteiger partial charge >= 0.3 is 6.18 Å². The van der Waals surface area contributed by atoms with Gasteiger partial charge in [-0.25, -0.2) is 18.1 Å². The minimum atomic E-state index is -4.62. The van der Waals surface area contributed by atoms with Crippen LogP contribution in [-0.2, 0) is 16.2 Å². The van der Waals surface area contributed by atoms with Crippen molar-refractivity contribution in [2.75, 3.05) is 0 Å². The summed E-state index contributed by atoms with van der Waals surface area (Å²) in [6.07, 6.45) is 2.41. The smallest absolute Gasteiger partial charge is 0.291 e. The van der Waals surface area contributed by atoms with E-state index in [9.17, 15) is 26.9 Å². The van der Waals surface area contributed by atoms with Gasteiger partial charge in [-0.05, 0) is 51.1 Å². The fraction of sp³-hybridized carbons (Fsp3) is 0.227. The molecule has 33 heavy (non-hydrogen) atoms. The van der Waals surface area contributed by atoms with E-state index >= 15 is 0 Å². The van der Waals surface area contributed by atoms with Gasteiger partial charge in [-0.1, -0.05) is 6.08 Å². The van der Waals surface area contributed by atoms with E-state index in [1.165, 1.54) is 16.7 Å². The summed E-state index contributed by atoms with van der Waals surface area (Å²) in [6.45, 7) is 5.10. The van der Waals surface area contributed by atoms with Crippen LogP contribution in [0.3, 0.4) is 0 Å². The predicted molar refractivity (Wildman–Crippen MR) is 116 cm³/mol. The molecule has 1 aliphatic rings. The third kappa shape index (κ3) is 4.15. The first-order chi connectivity index (χ1) is 15.3. The van der Waals surface area contributed by atoms with E-state index in [0.717, 1.165) is 12.3 Å². The number of hydrogen-bond donors (Lipinski definition) is 1. The Morgan fingerprint density at radius 1 is 1.12 bits per heavy atom. The zero-order chi connectivity index (χ0) is 24.2. The Morgan fingerprint density at radius 2 is 1.82 bits per heavy atom. The van der Waals surface area contributed by atoms with E-state index in [4.69, 9.17) is 0 Å². The first-order valence-electron chi connectivity index (χ1n) is 9.73. The lowest BCUT2D eigenvalue weighted by molar-refractivity contribution is -0.137. The first kappa shape index (κ1) is 22.7. The number of nitrogens with one attached hydrogen (secondary N) is 1. The molecule has 0 aromatic carbocycles. The van der Waals surface area contributed by atoms with Crippen molar-refractivity contribution >= 4 is 26.8 Å². The molecule has 0 atom stereocenters. The number of halogens is 3. The fourth-order valence-corrected chi connectivity index (χ4v) is 4.76. The summed E-state index contributed by atoms with van der Waals surface area (Å²) in [5, 5.41) is 9.85. The third-order valence-corrected chi connectivity index (χ3v) is 6.51. The topological polar surface area (TPSA) is 101 Å². The van der Waals surface area contributed by atoms with Crippen molar-refractivity contribution in [3.05, 3.63) is 59.9 Å². The van der Waals surface area contributed by atoms with Gasteiger partial charge in [0.05, 0.1) is 22.5 Å². The molecular weight excluding hydrogens is 455 g/mol. The maximum Gasteiger partial charge on any atom is 0.417 e. The quantitative estimate of drug-likeness (QED) is 0.602. The van der Waals surface area contributed by atoms with Crippen LogP contribution in [0.4, 0.5) is 13.2 Å². The van der Waals surface area contributed by atoms with Gasteiger partial charge in [0, 0.05) is 29.0 Å². The maximum absolute atomic E-state index is 13.3. The van der Waals surface area contributed by atoms with E-state index in [-0.39, 0.29) is 32.9 Å². The normalized spacial score (nSPS) is 14.2. The van der Waals surface area contributed by atoms with E-state index in [0.29, 0.717) is 11.9 Å². The van der Waals surface area contributed by atoms with E-state index in [1.807, 2.05) is 6.07 Å². The van der Waals surface area contributed by atoms with Gasteiger partial charge < -0.3 is 0 Å². The first-order valence-corrected chi connectivity index (χ1v) is 11.2. The van der Waals surface area contributed by atoms with Crippen LogP contribution in [0.5, 0.6) is 0 Å². The minimum absolute atomic E-state index is 0.0245.